The lowest BCUT2D eigenvalue weighted by Crippen LogP contribution is -3.00. The minimum absolute atomic E-state index is 0.0221. The van der Waals surface area contributed by atoms with E-state index in [0.29, 0.717) is 23.1 Å². The van der Waals surface area contributed by atoms with Crippen LogP contribution in [-0.2, 0) is 16.3 Å². The van der Waals surface area contributed by atoms with Crippen molar-refractivity contribution in [3.05, 3.63) is 57.5 Å². The van der Waals surface area contributed by atoms with Crippen molar-refractivity contribution in [3.8, 4) is 0 Å². The summed E-state index contributed by atoms with van der Waals surface area (Å²) in [6.07, 6.45) is 0.549. The van der Waals surface area contributed by atoms with E-state index in [1.807, 2.05) is 0 Å². The number of fused-ring (bicyclic) bond motifs is 1. The van der Waals surface area contributed by atoms with Crippen LogP contribution in [0.5, 0.6) is 0 Å². The van der Waals surface area contributed by atoms with Crippen molar-refractivity contribution in [3.63, 3.8) is 0 Å². The molecule has 1 N–H and O–H groups in total. The van der Waals surface area contributed by atoms with Crippen molar-refractivity contribution in [1.29, 1.82) is 0 Å². The predicted molar refractivity (Wildman–Crippen MR) is 78.6 cm³/mol. The first kappa shape index (κ1) is 14.6. The van der Waals surface area contributed by atoms with E-state index in [4.69, 9.17) is 0 Å². The maximum Gasteiger partial charge on any atom is 0.207 e. The quantitative estimate of drug-likeness (QED) is 0.648. The van der Waals surface area contributed by atoms with Crippen LogP contribution in [0.1, 0.15) is 5.56 Å². The Morgan fingerprint density at radius 2 is 1.86 bits per heavy atom. The van der Waals surface area contributed by atoms with Crippen LogP contribution in [0.2, 0.25) is 0 Å². The van der Waals surface area contributed by atoms with Gasteiger partial charge in [-0.05, 0) is 46.3 Å². The molecule has 0 saturated carbocycles. The predicted octanol–water partition coefficient (Wildman–Crippen LogP) is 1.99. The molecule has 0 fully saturated rings. The molecule has 7 heteroatoms. The first-order chi connectivity index (χ1) is 9.89. The van der Waals surface area contributed by atoms with Gasteiger partial charge in [-0.2, -0.15) is 0 Å². The molecule has 1 aliphatic heterocycles. The summed E-state index contributed by atoms with van der Waals surface area (Å²) in [4.78, 5) is 0.122. The molecule has 2 aromatic carbocycles. The fraction of sp³-hybridized carbons (Fsp3) is 0.143. The van der Waals surface area contributed by atoms with Gasteiger partial charge in [0.25, 0.3) is 0 Å². The van der Waals surface area contributed by atoms with Gasteiger partial charge in [-0.3, -0.25) is 0 Å². The van der Waals surface area contributed by atoms with Crippen molar-refractivity contribution in [2.24, 2.45) is 0 Å². The first-order valence-corrected chi connectivity index (χ1v) is 8.53. The highest BCUT2D eigenvalue weighted by molar-refractivity contribution is 9.10. The van der Waals surface area contributed by atoms with Gasteiger partial charge in [0.2, 0.25) is 9.84 Å². The largest absolute Gasteiger partial charge is 0.629 e. The molecule has 4 nitrogen and oxygen atoms in total. The Hall–Kier alpha value is -1.28. The van der Waals surface area contributed by atoms with Crippen LogP contribution in [-0.4, -0.2) is 15.0 Å². The molecule has 0 aromatic heterocycles. The molecule has 0 bridgehead atoms. The Labute approximate surface area is 129 Å². The van der Waals surface area contributed by atoms with Crippen molar-refractivity contribution in [2.75, 3.05) is 6.54 Å². The number of nitrogens with one attached hydrogen (secondary N) is 1. The van der Waals surface area contributed by atoms with Gasteiger partial charge in [0.1, 0.15) is 11.5 Å². The van der Waals surface area contributed by atoms with Gasteiger partial charge >= 0.3 is 0 Å². The Morgan fingerprint density at radius 3 is 2.52 bits per heavy atom. The minimum Gasteiger partial charge on any atom is -0.629 e. The number of quaternary nitrogens is 1. The molecule has 1 heterocycles. The third kappa shape index (κ3) is 2.50. The lowest BCUT2D eigenvalue weighted by atomic mass is 10.2. The zero-order valence-electron chi connectivity index (χ0n) is 10.8. The van der Waals surface area contributed by atoms with Gasteiger partial charge in [-0.1, -0.05) is 0 Å². The fourth-order valence-corrected chi connectivity index (χ4v) is 4.74. The van der Waals surface area contributed by atoms with E-state index in [9.17, 15) is 18.0 Å². The lowest BCUT2D eigenvalue weighted by Gasteiger charge is -2.16. The highest BCUT2D eigenvalue weighted by atomic mass is 79.9. The summed E-state index contributed by atoms with van der Waals surface area (Å²) in [5.74, 6) is -0.493. The molecule has 2 aromatic rings. The first-order valence-electron chi connectivity index (χ1n) is 6.26. The lowest BCUT2D eigenvalue weighted by molar-refractivity contribution is -0.768. The van der Waals surface area contributed by atoms with Crippen LogP contribution in [0.3, 0.4) is 0 Å². The summed E-state index contributed by atoms with van der Waals surface area (Å²) in [7, 11) is -3.75. The average molecular weight is 372 g/mol. The molecule has 0 saturated heterocycles. The molecule has 0 aliphatic carbocycles. The average Bonchev–Trinajstić information content (AvgIpc) is 2.79. The molecular formula is C14H11BrFNO3S. The van der Waals surface area contributed by atoms with Gasteiger partial charge < -0.3 is 10.3 Å². The zero-order chi connectivity index (χ0) is 15.2. The Bertz CT molecular complexity index is 806. The summed E-state index contributed by atoms with van der Waals surface area (Å²) < 4.78 is 38.5. The van der Waals surface area contributed by atoms with E-state index in [1.54, 1.807) is 6.07 Å². The van der Waals surface area contributed by atoms with Crippen molar-refractivity contribution >= 4 is 31.5 Å². The fourth-order valence-electron chi connectivity index (χ4n) is 2.39. The number of benzene rings is 2. The monoisotopic (exact) mass is 371 g/mol. The molecule has 1 atom stereocenters. The molecule has 0 spiro atoms. The van der Waals surface area contributed by atoms with Crippen LogP contribution >= 0.6 is 15.9 Å². The Morgan fingerprint density at radius 1 is 1.19 bits per heavy atom. The van der Waals surface area contributed by atoms with E-state index >= 15 is 0 Å². The summed E-state index contributed by atoms with van der Waals surface area (Å²) in [5.41, 5.74) is 1.31. The van der Waals surface area contributed by atoms with Crippen LogP contribution in [0.4, 0.5) is 10.1 Å². The SMILES string of the molecule is O=S(=O)(c1ccc(F)cc1)c1cc2c(cc1Br)[NH+]([O-])CC2. The van der Waals surface area contributed by atoms with Gasteiger partial charge in [0, 0.05) is 22.5 Å². The molecule has 0 amide bonds. The second kappa shape index (κ2) is 5.17. The molecule has 1 unspecified atom stereocenters. The smallest absolute Gasteiger partial charge is 0.207 e. The van der Waals surface area contributed by atoms with Crippen molar-refractivity contribution in [1.82, 2.24) is 0 Å². The molecule has 21 heavy (non-hydrogen) atoms. The van der Waals surface area contributed by atoms with E-state index in [0.717, 1.165) is 17.7 Å². The molecule has 0 radical (unpaired) electrons. The molecule has 1 aliphatic rings. The van der Waals surface area contributed by atoms with Gasteiger partial charge in [-0.25, -0.2) is 12.8 Å². The van der Waals surface area contributed by atoms with Crippen LogP contribution in [0, 0.1) is 11.0 Å². The maximum absolute atomic E-state index is 12.9. The summed E-state index contributed by atoms with van der Waals surface area (Å²) in [5, 5.41) is 11.7. The normalized spacial score (nSPS) is 17.8. The Balaban J connectivity index is 2.14. The van der Waals surface area contributed by atoms with Crippen LogP contribution in [0.25, 0.3) is 0 Å². The topological polar surface area (TPSA) is 61.6 Å². The number of hydroxylamine groups is 1. The molecule has 110 valence electrons. The van der Waals surface area contributed by atoms with Gasteiger partial charge in [-0.15, -0.1) is 0 Å². The molecule has 3 rings (SSSR count). The second-order valence-corrected chi connectivity index (χ2v) is 7.59. The Kier molecular flexibility index (Phi) is 3.61. The summed E-state index contributed by atoms with van der Waals surface area (Å²) in [6.45, 7) is 0.405. The maximum atomic E-state index is 12.9. The van der Waals surface area contributed by atoms with Crippen LogP contribution < -0.4 is 5.06 Å². The van der Waals surface area contributed by atoms with E-state index < -0.39 is 15.7 Å². The summed E-state index contributed by atoms with van der Waals surface area (Å²) >= 11 is 3.22. The van der Waals surface area contributed by atoms with Crippen molar-refractivity contribution in [2.45, 2.75) is 16.2 Å². The van der Waals surface area contributed by atoms with E-state index in [1.165, 1.54) is 18.2 Å². The minimum atomic E-state index is -3.75. The van der Waals surface area contributed by atoms with E-state index in [2.05, 4.69) is 15.9 Å². The van der Waals surface area contributed by atoms with Crippen molar-refractivity contribution < 1.29 is 17.9 Å². The number of halogens is 2. The third-order valence-electron chi connectivity index (χ3n) is 3.49. The second-order valence-electron chi connectivity index (χ2n) is 4.82. The zero-order valence-corrected chi connectivity index (χ0v) is 13.2. The number of hydrogen-bond donors (Lipinski definition) is 1. The van der Waals surface area contributed by atoms with Gasteiger partial charge in [0.05, 0.1) is 16.3 Å². The number of sulfone groups is 1. The number of hydrogen-bond acceptors (Lipinski definition) is 3. The van der Waals surface area contributed by atoms with Gasteiger partial charge in [0.15, 0.2) is 0 Å². The summed E-state index contributed by atoms with van der Waals surface area (Å²) in [6, 6.07) is 7.77. The number of rotatable bonds is 2. The highest BCUT2D eigenvalue weighted by Crippen LogP contribution is 2.33. The van der Waals surface area contributed by atoms with E-state index in [-0.39, 0.29) is 14.9 Å². The molecular weight excluding hydrogens is 361 g/mol. The van der Waals surface area contributed by atoms with Crippen LogP contribution in [0.15, 0.2) is 50.7 Å². The standard InChI is InChI=1S/C14H11BrFNO3S/c15-12-8-13-9(5-6-17(13)18)7-14(12)21(19,20)11-3-1-10(16)2-4-11/h1-4,7-8,17H,5-6H2. The third-order valence-corrected chi connectivity index (χ3v) is 6.22. The highest BCUT2D eigenvalue weighted by Gasteiger charge is 2.27.